The Kier molecular flexibility index (Phi) is 6.44. The molecule has 0 saturated carbocycles. The summed E-state index contributed by atoms with van der Waals surface area (Å²) in [6.45, 7) is 9.43. The van der Waals surface area contributed by atoms with Crippen LogP contribution in [-0.4, -0.2) is 24.4 Å². The van der Waals surface area contributed by atoms with Gasteiger partial charge >= 0.3 is 0 Å². The molecule has 70 valence electrons. The van der Waals surface area contributed by atoms with Crippen LogP contribution in [0.1, 0.15) is 33.1 Å². The van der Waals surface area contributed by atoms with Gasteiger partial charge in [0.15, 0.2) is 0 Å². The fourth-order valence-corrected chi connectivity index (χ4v) is 1.08. The molecule has 0 N–H and O–H groups in total. The van der Waals surface area contributed by atoms with Gasteiger partial charge in [-0.25, -0.2) is 0 Å². The lowest BCUT2D eigenvalue weighted by Gasteiger charge is -2.16. The van der Waals surface area contributed by atoms with Crippen molar-refractivity contribution >= 4 is 6.41 Å². The first-order valence-corrected chi connectivity index (χ1v) is 4.54. The van der Waals surface area contributed by atoms with Gasteiger partial charge in [-0.3, -0.25) is 4.79 Å². The summed E-state index contributed by atoms with van der Waals surface area (Å²) < 4.78 is 0. The molecular formula is C10H19NO. The van der Waals surface area contributed by atoms with E-state index < -0.39 is 0 Å². The quantitative estimate of drug-likeness (QED) is 0.325. The average Bonchev–Trinajstić information content (AvgIpc) is 2.02. The van der Waals surface area contributed by atoms with Gasteiger partial charge in [0, 0.05) is 13.1 Å². The summed E-state index contributed by atoms with van der Waals surface area (Å²) in [5, 5.41) is 0. The van der Waals surface area contributed by atoms with Gasteiger partial charge in [0.05, 0.1) is 0 Å². The molecule has 0 saturated heterocycles. The van der Waals surface area contributed by atoms with Crippen molar-refractivity contribution in [2.45, 2.75) is 33.1 Å². The molecule has 0 unspecified atom stereocenters. The minimum Gasteiger partial charge on any atom is -0.341 e. The first-order valence-electron chi connectivity index (χ1n) is 4.54. The summed E-state index contributed by atoms with van der Waals surface area (Å²) in [4.78, 5) is 12.3. The minimum atomic E-state index is 0.702. The van der Waals surface area contributed by atoms with E-state index >= 15 is 0 Å². The lowest BCUT2D eigenvalue weighted by atomic mass is 10.2. The third-order valence-electron chi connectivity index (χ3n) is 1.67. The number of carbonyl (C=O) groups is 1. The van der Waals surface area contributed by atoms with E-state index in [2.05, 4.69) is 13.5 Å². The monoisotopic (exact) mass is 169 g/mol. The Morgan fingerprint density at radius 2 is 2.17 bits per heavy atom. The maximum absolute atomic E-state index is 10.5. The molecule has 0 spiro atoms. The molecule has 2 heteroatoms. The topological polar surface area (TPSA) is 20.3 Å². The highest BCUT2D eigenvalue weighted by Gasteiger charge is 1.99. The summed E-state index contributed by atoms with van der Waals surface area (Å²) in [5.74, 6) is 0. The number of rotatable bonds is 7. The molecule has 0 aliphatic carbocycles. The third kappa shape index (κ3) is 5.96. The van der Waals surface area contributed by atoms with Crippen LogP contribution in [-0.2, 0) is 4.79 Å². The molecule has 0 aliphatic heterocycles. The Balaban J connectivity index is 3.53. The number of hydrogen-bond acceptors (Lipinski definition) is 1. The van der Waals surface area contributed by atoms with Gasteiger partial charge in [0.25, 0.3) is 0 Å². The van der Waals surface area contributed by atoms with E-state index in [4.69, 9.17) is 0 Å². The predicted octanol–water partition coefficient (Wildman–Crippen LogP) is 2.21. The van der Waals surface area contributed by atoms with Gasteiger partial charge in [-0.05, 0) is 13.3 Å². The zero-order valence-corrected chi connectivity index (χ0v) is 8.18. The van der Waals surface area contributed by atoms with Crippen LogP contribution in [0.15, 0.2) is 12.2 Å². The van der Waals surface area contributed by atoms with Gasteiger partial charge in [-0.15, -0.1) is 0 Å². The summed E-state index contributed by atoms with van der Waals surface area (Å²) in [6.07, 6.45) is 4.40. The van der Waals surface area contributed by atoms with Gasteiger partial charge in [0.1, 0.15) is 0 Å². The Labute approximate surface area is 75.3 Å². The number of nitrogens with zero attached hydrogens (tertiary/aromatic N) is 1. The molecule has 0 aromatic carbocycles. The highest BCUT2D eigenvalue weighted by atomic mass is 16.1. The van der Waals surface area contributed by atoms with Crippen molar-refractivity contribution in [1.29, 1.82) is 0 Å². The van der Waals surface area contributed by atoms with E-state index in [-0.39, 0.29) is 0 Å². The van der Waals surface area contributed by atoms with Crippen molar-refractivity contribution in [3.8, 4) is 0 Å². The summed E-state index contributed by atoms with van der Waals surface area (Å²) in [6, 6.07) is 0. The second kappa shape index (κ2) is 6.89. The smallest absolute Gasteiger partial charge is 0.209 e. The molecule has 2 nitrogen and oxygen atoms in total. The second-order valence-electron chi connectivity index (χ2n) is 3.24. The Morgan fingerprint density at radius 3 is 2.58 bits per heavy atom. The Bertz CT molecular complexity index is 143. The van der Waals surface area contributed by atoms with Crippen molar-refractivity contribution in [2.75, 3.05) is 13.1 Å². The molecule has 12 heavy (non-hydrogen) atoms. The largest absolute Gasteiger partial charge is 0.341 e. The number of hydrogen-bond donors (Lipinski definition) is 0. The lowest BCUT2D eigenvalue weighted by molar-refractivity contribution is -0.117. The highest BCUT2D eigenvalue weighted by Crippen LogP contribution is 1.98. The molecule has 0 rings (SSSR count). The van der Waals surface area contributed by atoms with Crippen molar-refractivity contribution in [3.63, 3.8) is 0 Å². The molecular weight excluding hydrogens is 150 g/mol. The van der Waals surface area contributed by atoms with Crippen LogP contribution in [0.25, 0.3) is 0 Å². The summed E-state index contributed by atoms with van der Waals surface area (Å²) in [7, 11) is 0. The van der Waals surface area contributed by atoms with Crippen LogP contribution in [0.3, 0.4) is 0 Å². The van der Waals surface area contributed by atoms with E-state index in [1.165, 1.54) is 12.8 Å². The van der Waals surface area contributed by atoms with E-state index in [0.717, 1.165) is 24.9 Å². The van der Waals surface area contributed by atoms with E-state index in [1.807, 2.05) is 6.92 Å². The Hall–Kier alpha value is -0.790. The third-order valence-corrected chi connectivity index (χ3v) is 1.67. The molecule has 0 bridgehead atoms. The van der Waals surface area contributed by atoms with E-state index in [9.17, 15) is 4.79 Å². The minimum absolute atomic E-state index is 0.702. The number of amides is 1. The average molecular weight is 169 g/mol. The fourth-order valence-electron chi connectivity index (χ4n) is 1.08. The van der Waals surface area contributed by atoms with Gasteiger partial charge in [-0.2, -0.15) is 0 Å². The zero-order valence-electron chi connectivity index (χ0n) is 8.18. The van der Waals surface area contributed by atoms with Gasteiger partial charge in [-0.1, -0.05) is 31.9 Å². The first-order chi connectivity index (χ1) is 5.70. The molecule has 0 fully saturated rings. The number of unbranched alkanes of at least 4 members (excludes halogenated alkanes) is 2. The summed E-state index contributed by atoms with van der Waals surface area (Å²) in [5.41, 5.74) is 1.04. The second-order valence-corrected chi connectivity index (χ2v) is 3.24. The van der Waals surface area contributed by atoms with Crippen molar-refractivity contribution < 1.29 is 4.79 Å². The molecule has 0 atom stereocenters. The maximum Gasteiger partial charge on any atom is 0.209 e. The fraction of sp³-hybridized carbons (Fsp3) is 0.700. The van der Waals surface area contributed by atoms with Crippen molar-refractivity contribution in [2.24, 2.45) is 0 Å². The van der Waals surface area contributed by atoms with Crippen molar-refractivity contribution in [3.05, 3.63) is 12.2 Å². The van der Waals surface area contributed by atoms with E-state index in [0.29, 0.717) is 6.54 Å². The van der Waals surface area contributed by atoms with Crippen LogP contribution in [0, 0.1) is 0 Å². The highest BCUT2D eigenvalue weighted by molar-refractivity contribution is 5.47. The Morgan fingerprint density at radius 1 is 1.50 bits per heavy atom. The van der Waals surface area contributed by atoms with Crippen LogP contribution in [0.5, 0.6) is 0 Å². The SMILES string of the molecule is C=C(C)CN(C=O)CCCCC. The molecule has 0 aromatic heterocycles. The number of carbonyl (C=O) groups excluding carboxylic acids is 1. The molecule has 0 aliphatic rings. The first kappa shape index (κ1) is 11.2. The van der Waals surface area contributed by atoms with Crippen LogP contribution >= 0.6 is 0 Å². The molecule has 0 aromatic rings. The predicted molar refractivity (Wildman–Crippen MR) is 52.0 cm³/mol. The van der Waals surface area contributed by atoms with E-state index in [1.54, 1.807) is 4.90 Å². The summed E-state index contributed by atoms with van der Waals surface area (Å²) >= 11 is 0. The lowest BCUT2D eigenvalue weighted by Crippen LogP contribution is -2.24. The van der Waals surface area contributed by atoms with Crippen LogP contribution < -0.4 is 0 Å². The van der Waals surface area contributed by atoms with Gasteiger partial charge < -0.3 is 4.90 Å². The van der Waals surface area contributed by atoms with Crippen LogP contribution in [0.2, 0.25) is 0 Å². The van der Waals surface area contributed by atoms with Crippen molar-refractivity contribution in [1.82, 2.24) is 4.90 Å². The standard InChI is InChI=1S/C10H19NO/c1-4-5-6-7-11(9-12)8-10(2)3/h9H,2,4-8H2,1,3H3. The maximum atomic E-state index is 10.5. The molecule has 0 heterocycles. The van der Waals surface area contributed by atoms with Gasteiger partial charge in [0.2, 0.25) is 6.41 Å². The zero-order chi connectivity index (χ0) is 9.40. The molecule has 0 radical (unpaired) electrons. The normalized spacial score (nSPS) is 9.50. The molecule has 1 amide bonds. The van der Waals surface area contributed by atoms with Crippen LogP contribution in [0.4, 0.5) is 0 Å².